The molecule has 1 aromatic heterocycles. The molecule has 1 N–H and O–H groups in total. The largest absolute Gasteiger partial charge is 0.326 e. The van der Waals surface area contributed by atoms with E-state index in [-0.39, 0.29) is 16.6 Å². The summed E-state index contributed by atoms with van der Waals surface area (Å²) in [5.74, 6) is -0.364. The number of anilines is 1. The van der Waals surface area contributed by atoms with E-state index in [2.05, 4.69) is 37.2 Å². The van der Waals surface area contributed by atoms with Crippen LogP contribution in [-0.2, 0) is 11.2 Å². The van der Waals surface area contributed by atoms with Gasteiger partial charge in [-0.1, -0.05) is 15.9 Å². The zero-order valence-corrected chi connectivity index (χ0v) is 14.2. The number of hydrogen-bond acceptors (Lipinski definition) is 2. The fraction of sp³-hybridized carbons (Fsp3) is 0.214. The van der Waals surface area contributed by atoms with Gasteiger partial charge in [0.2, 0.25) is 5.91 Å². The highest BCUT2D eigenvalue weighted by molar-refractivity contribution is 9.11. The number of nitrogens with one attached hydrogen (secondary N) is 1. The number of carbonyl (C=O) groups is 1. The first-order chi connectivity index (χ1) is 9.54. The lowest BCUT2D eigenvalue weighted by Gasteiger charge is -2.19. The Bertz CT molecular complexity index is 686. The van der Waals surface area contributed by atoms with E-state index >= 15 is 0 Å². The summed E-state index contributed by atoms with van der Waals surface area (Å²) in [6, 6.07) is 5.23. The number of rotatable bonds is 2. The number of halogens is 3. The van der Waals surface area contributed by atoms with E-state index in [0.717, 1.165) is 14.9 Å². The molecule has 1 atom stereocenters. The van der Waals surface area contributed by atoms with Crippen LogP contribution in [0.25, 0.3) is 0 Å². The van der Waals surface area contributed by atoms with E-state index in [1.54, 1.807) is 11.3 Å². The summed E-state index contributed by atoms with van der Waals surface area (Å²) in [5.41, 5.74) is 3.19. The first kappa shape index (κ1) is 14.2. The van der Waals surface area contributed by atoms with E-state index < -0.39 is 0 Å². The number of carbonyl (C=O) groups excluding carboxylic acids is 1. The minimum atomic E-state index is -0.310. The van der Waals surface area contributed by atoms with E-state index in [9.17, 15) is 9.18 Å². The smallest absolute Gasteiger partial charge is 0.224 e. The maximum absolute atomic E-state index is 14.3. The summed E-state index contributed by atoms with van der Waals surface area (Å²) in [7, 11) is 0. The Labute approximate surface area is 136 Å². The van der Waals surface area contributed by atoms with Crippen LogP contribution in [0, 0.1) is 5.82 Å². The molecule has 0 fully saturated rings. The molecule has 1 aliphatic heterocycles. The predicted molar refractivity (Wildman–Crippen MR) is 86.1 cm³/mol. The van der Waals surface area contributed by atoms with Gasteiger partial charge in [-0.05, 0) is 57.1 Å². The van der Waals surface area contributed by atoms with Crippen molar-refractivity contribution in [2.75, 3.05) is 5.32 Å². The SMILES string of the molecule is O=C1CCc2cc(C(Br)c3csc(Br)c3)c(F)cc2N1. The third-order valence-corrected chi connectivity index (χ3v) is 5.82. The number of thiophene rings is 1. The van der Waals surface area contributed by atoms with Crippen molar-refractivity contribution in [3.63, 3.8) is 0 Å². The molecule has 6 heteroatoms. The lowest BCUT2D eigenvalue weighted by molar-refractivity contribution is -0.116. The molecule has 104 valence electrons. The van der Waals surface area contributed by atoms with Crippen molar-refractivity contribution in [3.05, 3.63) is 49.9 Å². The summed E-state index contributed by atoms with van der Waals surface area (Å²) in [4.78, 5) is 11.1. The molecule has 0 saturated heterocycles. The second-order valence-electron chi connectivity index (χ2n) is 4.63. The highest BCUT2D eigenvalue weighted by atomic mass is 79.9. The van der Waals surface area contributed by atoms with Crippen molar-refractivity contribution in [2.45, 2.75) is 17.7 Å². The van der Waals surface area contributed by atoms with Crippen LogP contribution in [0.15, 0.2) is 27.4 Å². The molecule has 1 amide bonds. The standard InChI is InChI=1S/C14H10Br2FNOS/c15-12-4-8(6-20-12)14(16)9-3-7-1-2-13(19)18-11(7)5-10(9)17/h3-6,14H,1-2H2,(H,18,19). The molecule has 2 heterocycles. The fourth-order valence-electron chi connectivity index (χ4n) is 2.25. The molecule has 1 aromatic carbocycles. The summed E-state index contributed by atoms with van der Waals surface area (Å²) in [6.07, 6.45) is 1.11. The Morgan fingerprint density at radius 3 is 2.80 bits per heavy atom. The Kier molecular flexibility index (Phi) is 3.97. The van der Waals surface area contributed by atoms with Crippen LogP contribution in [0.1, 0.15) is 27.9 Å². The van der Waals surface area contributed by atoms with Gasteiger partial charge in [0, 0.05) is 17.7 Å². The molecule has 1 unspecified atom stereocenters. The van der Waals surface area contributed by atoms with Gasteiger partial charge in [0.05, 0.1) is 8.61 Å². The van der Waals surface area contributed by atoms with Gasteiger partial charge in [-0.3, -0.25) is 4.79 Å². The van der Waals surface area contributed by atoms with Gasteiger partial charge in [0.25, 0.3) is 0 Å². The van der Waals surface area contributed by atoms with Crippen molar-refractivity contribution >= 4 is 54.8 Å². The monoisotopic (exact) mass is 417 g/mol. The van der Waals surface area contributed by atoms with Crippen LogP contribution in [0.2, 0.25) is 0 Å². The molecular weight excluding hydrogens is 409 g/mol. The zero-order valence-electron chi connectivity index (χ0n) is 10.3. The molecule has 20 heavy (non-hydrogen) atoms. The maximum atomic E-state index is 14.3. The second kappa shape index (κ2) is 5.58. The van der Waals surface area contributed by atoms with Gasteiger partial charge >= 0.3 is 0 Å². The molecule has 0 aliphatic carbocycles. The molecule has 3 rings (SSSR count). The number of hydrogen-bond donors (Lipinski definition) is 1. The molecule has 0 spiro atoms. The summed E-state index contributed by atoms with van der Waals surface area (Å²) in [5, 5.41) is 4.70. The molecule has 0 bridgehead atoms. The molecule has 0 saturated carbocycles. The van der Waals surface area contributed by atoms with Crippen molar-refractivity contribution < 1.29 is 9.18 Å². The minimum Gasteiger partial charge on any atom is -0.326 e. The first-order valence-electron chi connectivity index (χ1n) is 6.05. The quantitative estimate of drug-likeness (QED) is 0.681. The molecule has 0 radical (unpaired) electrons. The third kappa shape index (κ3) is 2.69. The lowest BCUT2D eigenvalue weighted by atomic mass is 9.97. The van der Waals surface area contributed by atoms with Crippen molar-refractivity contribution in [2.24, 2.45) is 0 Å². The Morgan fingerprint density at radius 1 is 1.30 bits per heavy atom. The molecule has 2 nitrogen and oxygen atoms in total. The topological polar surface area (TPSA) is 29.1 Å². The van der Waals surface area contributed by atoms with Gasteiger partial charge < -0.3 is 5.32 Å². The van der Waals surface area contributed by atoms with Gasteiger partial charge in [-0.2, -0.15) is 0 Å². The van der Waals surface area contributed by atoms with Gasteiger partial charge in [0.15, 0.2) is 0 Å². The van der Waals surface area contributed by atoms with Gasteiger partial charge in [0.1, 0.15) is 5.82 Å². The van der Waals surface area contributed by atoms with Crippen LogP contribution >= 0.6 is 43.2 Å². The number of aryl methyl sites for hydroxylation is 1. The average molecular weight is 419 g/mol. The predicted octanol–water partition coefficient (Wildman–Crippen LogP) is 5.02. The van der Waals surface area contributed by atoms with E-state index in [1.807, 2.05) is 17.5 Å². The summed E-state index contributed by atoms with van der Waals surface area (Å²) < 4.78 is 15.3. The number of fused-ring (bicyclic) bond motifs is 1. The number of benzene rings is 1. The van der Waals surface area contributed by atoms with Crippen LogP contribution in [0.3, 0.4) is 0 Å². The van der Waals surface area contributed by atoms with Gasteiger partial charge in [-0.25, -0.2) is 4.39 Å². The van der Waals surface area contributed by atoms with Crippen LogP contribution in [0.5, 0.6) is 0 Å². The minimum absolute atomic E-state index is 0.0539. The highest BCUT2D eigenvalue weighted by Crippen LogP contribution is 2.38. The normalized spacial score (nSPS) is 15.7. The second-order valence-corrected chi connectivity index (χ2v) is 7.83. The van der Waals surface area contributed by atoms with Crippen molar-refractivity contribution in [1.82, 2.24) is 0 Å². The van der Waals surface area contributed by atoms with E-state index in [1.165, 1.54) is 6.07 Å². The van der Waals surface area contributed by atoms with Crippen LogP contribution in [0.4, 0.5) is 10.1 Å². The lowest BCUT2D eigenvalue weighted by Crippen LogP contribution is -2.19. The number of amides is 1. The summed E-state index contributed by atoms with van der Waals surface area (Å²) in [6.45, 7) is 0. The first-order valence-corrected chi connectivity index (χ1v) is 8.63. The Morgan fingerprint density at radius 2 is 2.10 bits per heavy atom. The Hall–Kier alpha value is -0.720. The Balaban J connectivity index is 2.00. The van der Waals surface area contributed by atoms with Crippen LogP contribution < -0.4 is 5.32 Å². The third-order valence-electron chi connectivity index (χ3n) is 3.27. The van der Waals surface area contributed by atoms with E-state index in [4.69, 9.17) is 0 Å². The van der Waals surface area contributed by atoms with E-state index in [0.29, 0.717) is 24.1 Å². The van der Waals surface area contributed by atoms with Crippen LogP contribution in [-0.4, -0.2) is 5.91 Å². The average Bonchev–Trinajstić information content (AvgIpc) is 2.84. The molecular formula is C14H10Br2FNOS. The van der Waals surface area contributed by atoms with Crippen molar-refractivity contribution in [1.29, 1.82) is 0 Å². The zero-order chi connectivity index (χ0) is 14.3. The molecule has 1 aliphatic rings. The number of alkyl halides is 1. The maximum Gasteiger partial charge on any atom is 0.224 e. The van der Waals surface area contributed by atoms with Gasteiger partial charge in [-0.15, -0.1) is 11.3 Å². The van der Waals surface area contributed by atoms with Crippen molar-refractivity contribution in [3.8, 4) is 0 Å². The fourth-order valence-corrected chi connectivity index (χ4v) is 4.24. The highest BCUT2D eigenvalue weighted by Gasteiger charge is 2.22. The summed E-state index contributed by atoms with van der Waals surface area (Å²) >= 11 is 8.54. The molecule has 2 aromatic rings.